The molecule has 1 N–H and O–H groups in total. The Labute approximate surface area is 125 Å². The van der Waals surface area contributed by atoms with E-state index >= 15 is 0 Å². The Balaban J connectivity index is 2.61. The maximum absolute atomic E-state index is 11.2. The van der Waals surface area contributed by atoms with Crippen LogP contribution in [0.15, 0.2) is 24.3 Å². The van der Waals surface area contributed by atoms with Crippen LogP contribution in [0.1, 0.15) is 50.7 Å². The molecule has 0 aromatic heterocycles. The van der Waals surface area contributed by atoms with E-state index in [2.05, 4.69) is 26.8 Å². The van der Waals surface area contributed by atoms with Crippen LogP contribution in [0.25, 0.3) is 0 Å². The summed E-state index contributed by atoms with van der Waals surface area (Å²) in [6.45, 7) is 7.21. The Morgan fingerprint density at radius 2 is 2.20 bits per heavy atom. The highest BCUT2D eigenvalue weighted by molar-refractivity contribution is 7.92. The summed E-state index contributed by atoms with van der Waals surface area (Å²) < 4.78 is 6.53. The van der Waals surface area contributed by atoms with Crippen molar-refractivity contribution in [2.24, 2.45) is 0 Å². The Hall–Kier alpha value is -1.20. The molecular formula is C15H23NO3S. The third-order valence-corrected chi connectivity index (χ3v) is 3.62. The van der Waals surface area contributed by atoms with Crippen molar-refractivity contribution in [3.63, 3.8) is 0 Å². The van der Waals surface area contributed by atoms with Gasteiger partial charge in [-0.05, 0) is 23.5 Å². The second-order valence-electron chi connectivity index (χ2n) is 4.97. The lowest BCUT2D eigenvalue weighted by molar-refractivity contribution is 0.170. The van der Waals surface area contributed by atoms with Gasteiger partial charge >= 0.3 is 6.09 Å². The maximum Gasteiger partial charge on any atom is 0.419 e. The number of carboxylic acid groups (broad SMARTS) is 1. The van der Waals surface area contributed by atoms with Gasteiger partial charge in [-0.1, -0.05) is 51.5 Å². The van der Waals surface area contributed by atoms with Crippen LogP contribution >= 0.6 is 12.2 Å². The van der Waals surface area contributed by atoms with Gasteiger partial charge in [0.1, 0.15) is 12.2 Å². The molecule has 1 aromatic rings. The molecular weight excluding hydrogens is 274 g/mol. The monoisotopic (exact) mass is 297 g/mol. The molecule has 0 heterocycles. The van der Waals surface area contributed by atoms with Crippen LogP contribution in [0.4, 0.5) is 4.79 Å². The fourth-order valence-corrected chi connectivity index (χ4v) is 2.23. The van der Waals surface area contributed by atoms with Crippen molar-refractivity contribution in [2.45, 2.75) is 46.1 Å². The summed E-state index contributed by atoms with van der Waals surface area (Å²) >= 11 is 0.912. The van der Waals surface area contributed by atoms with Gasteiger partial charge in [0, 0.05) is 0 Å². The van der Waals surface area contributed by atoms with Gasteiger partial charge in [-0.3, -0.25) is 4.18 Å². The summed E-state index contributed by atoms with van der Waals surface area (Å²) in [5, 5.41) is 9.19. The van der Waals surface area contributed by atoms with Crippen molar-refractivity contribution in [3.05, 3.63) is 35.4 Å². The summed E-state index contributed by atoms with van der Waals surface area (Å²) in [7, 11) is 0. The highest BCUT2D eigenvalue weighted by Gasteiger charge is 2.14. The third kappa shape index (κ3) is 5.84. The second-order valence-corrected chi connectivity index (χ2v) is 5.79. The average Bonchev–Trinajstić information content (AvgIpc) is 2.42. The quantitative estimate of drug-likeness (QED) is 0.430. The van der Waals surface area contributed by atoms with E-state index in [9.17, 15) is 9.90 Å². The Bertz CT molecular complexity index is 423. The zero-order valence-electron chi connectivity index (χ0n) is 12.3. The van der Waals surface area contributed by atoms with Crippen LogP contribution in [0.5, 0.6) is 0 Å². The highest BCUT2D eigenvalue weighted by Crippen LogP contribution is 2.20. The first kappa shape index (κ1) is 16.9. The van der Waals surface area contributed by atoms with Crippen molar-refractivity contribution in [1.29, 1.82) is 0 Å². The molecule has 4 nitrogen and oxygen atoms in total. The number of rotatable bonds is 8. The van der Waals surface area contributed by atoms with Gasteiger partial charge in [0.25, 0.3) is 0 Å². The molecule has 1 rings (SSSR count). The fourth-order valence-electron chi connectivity index (χ4n) is 1.65. The van der Waals surface area contributed by atoms with Gasteiger partial charge < -0.3 is 5.11 Å². The van der Waals surface area contributed by atoms with Gasteiger partial charge in [-0.15, -0.1) is 0 Å². The highest BCUT2D eigenvalue weighted by atomic mass is 32.2. The molecule has 0 saturated carbocycles. The number of hydrogen-bond acceptors (Lipinski definition) is 3. The van der Waals surface area contributed by atoms with E-state index in [1.807, 2.05) is 18.2 Å². The number of hydrogen-bond donors (Lipinski definition) is 1. The van der Waals surface area contributed by atoms with Gasteiger partial charge in [0.05, 0.1) is 13.2 Å². The van der Waals surface area contributed by atoms with Crippen LogP contribution in [0, 0.1) is 0 Å². The van der Waals surface area contributed by atoms with Crippen LogP contribution < -0.4 is 0 Å². The number of carbonyl (C=O) groups is 1. The van der Waals surface area contributed by atoms with E-state index < -0.39 is 6.09 Å². The van der Waals surface area contributed by atoms with Crippen molar-refractivity contribution < 1.29 is 14.1 Å². The predicted octanol–water partition coefficient (Wildman–Crippen LogP) is 4.67. The summed E-state index contributed by atoms with van der Waals surface area (Å²) in [4.78, 5) is 11.2. The molecule has 0 aliphatic carbocycles. The maximum atomic E-state index is 11.2. The minimum Gasteiger partial charge on any atom is -0.464 e. The van der Waals surface area contributed by atoms with E-state index in [0.29, 0.717) is 19.1 Å². The number of benzene rings is 1. The zero-order chi connectivity index (χ0) is 15.0. The van der Waals surface area contributed by atoms with Crippen molar-refractivity contribution in [1.82, 2.24) is 4.31 Å². The molecule has 0 bridgehead atoms. The molecule has 0 spiro atoms. The normalized spacial score (nSPS) is 10.8. The average molecular weight is 297 g/mol. The number of amides is 1. The molecule has 112 valence electrons. The van der Waals surface area contributed by atoms with E-state index in [-0.39, 0.29) is 0 Å². The minimum absolute atomic E-state index is 0.326. The molecule has 0 unspecified atom stereocenters. The van der Waals surface area contributed by atoms with E-state index in [1.54, 1.807) is 0 Å². The van der Waals surface area contributed by atoms with Crippen LogP contribution in [0.2, 0.25) is 0 Å². The molecule has 1 amide bonds. The third-order valence-electron chi connectivity index (χ3n) is 2.88. The molecule has 5 heteroatoms. The Kier molecular flexibility index (Phi) is 7.47. The van der Waals surface area contributed by atoms with Gasteiger partial charge in [0.2, 0.25) is 0 Å². The van der Waals surface area contributed by atoms with Crippen LogP contribution in [-0.4, -0.2) is 22.1 Å². The summed E-state index contributed by atoms with van der Waals surface area (Å²) in [5.74, 6) is 0.432. The lowest BCUT2D eigenvalue weighted by Gasteiger charge is -2.17. The Morgan fingerprint density at radius 1 is 1.45 bits per heavy atom. The largest absolute Gasteiger partial charge is 0.464 e. The van der Waals surface area contributed by atoms with E-state index in [4.69, 9.17) is 4.18 Å². The summed E-state index contributed by atoms with van der Waals surface area (Å²) in [5.41, 5.74) is 2.19. The molecule has 0 saturated heterocycles. The lowest BCUT2D eigenvalue weighted by Crippen LogP contribution is -2.22. The standard InChI is InChI=1S/C15H23NO3S/c1-4-5-9-19-20-16(15(17)18)11-13-7-6-8-14(10-13)12(2)3/h6-8,10,12H,4-5,9,11H2,1-3H3,(H,17,18). The van der Waals surface area contributed by atoms with Crippen LogP contribution in [-0.2, 0) is 10.7 Å². The fraction of sp³-hybridized carbons (Fsp3) is 0.533. The lowest BCUT2D eigenvalue weighted by atomic mass is 10.0. The van der Waals surface area contributed by atoms with E-state index in [1.165, 1.54) is 9.87 Å². The van der Waals surface area contributed by atoms with Crippen LogP contribution in [0.3, 0.4) is 0 Å². The number of unbranched alkanes of at least 4 members (excludes halogenated alkanes) is 1. The smallest absolute Gasteiger partial charge is 0.419 e. The van der Waals surface area contributed by atoms with Crippen molar-refractivity contribution in [2.75, 3.05) is 6.61 Å². The molecule has 0 aliphatic heterocycles. The second kappa shape index (κ2) is 8.87. The van der Waals surface area contributed by atoms with Gasteiger partial charge in [-0.25, -0.2) is 9.10 Å². The zero-order valence-corrected chi connectivity index (χ0v) is 13.2. The van der Waals surface area contributed by atoms with Gasteiger partial charge in [0.15, 0.2) is 0 Å². The first-order chi connectivity index (χ1) is 9.54. The SMILES string of the molecule is CCCCOSN(Cc1cccc(C(C)C)c1)C(=O)O. The molecule has 20 heavy (non-hydrogen) atoms. The topological polar surface area (TPSA) is 49.8 Å². The predicted molar refractivity (Wildman–Crippen MR) is 82.5 cm³/mol. The first-order valence-corrected chi connectivity index (χ1v) is 7.63. The van der Waals surface area contributed by atoms with Gasteiger partial charge in [-0.2, -0.15) is 0 Å². The number of nitrogens with zero attached hydrogens (tertiary/aromatic N) is 1. The molecule has 0 atom stereocenters. The van der Waals surface area contributed by atoms with E-state index in [0.717, 1.165) is 30.6 Å². The molecule has 0 radical (unpaired) electrons. The molecule has 0 aliphatic rings. The summed E-state index contributed by atoms with van der Waals surface area (Å²) in [6, 6.07) is 8.01. The van der Waals surface area contributed by atoms with Crippen molar-refractivity contribution >= 4 is 18.3 Å². The Morgan fingerprint density at radius 3 is 2.80 bits per heavy atom. The minimum atomic E-state index is -0.985. The molecule has 1 aromatic carbocycles. The molecule has 0 fully saturated rings. The summed E-state index contributed by atoms with van der Waals surface area (Å²) in [6.07, 6.45) is 0.981. The first-order valence-electron chi connectivity index (χ1n) is 6.93. The van der Waals surface area contributed by atoms with Crippen molar-refractivity contribution in [3.8, 4) is 0 Å².